The average Bonchev–Trinajstić information content (AvgIpc) is 2.23. The fraction of sp³-hybridized carbons (Fsp3) is 1.00. The molecule has 0 aromatic heterocycles. The highest BCUT2D eigenvalue weighted by molar-refractivity contribution is 4.87. The van der Waals surface area contributed by atoms with Crippen LogP contribution in [0, 0.1) is 0 Å². The second-order valence-corrected chi connectivity index (χ2v) is 3.40. The van der Waals surface area contributed by atoms with Gasteiger partial charge in [-0.25, -0.2) is 0 Å². The lowest BCUT2D eigenvalue weighted by atomic mass is 9.92. The predicted molar refractivity (Wildman–Crippen MR) is 61.7 cm³/mol. The minimum Gasteiger partial charge on any atom is -0.374 e. The molecule has 1 fully saturated rings. The quantitative estimate of drug-likeness (QED) is 0.723. The first-order chi connectivity index (χ1) is 6.83. The van der Waals surface area contributed by atoms with Crippen molar-refractivity contribution in [3.05, 3.63) is 0 Å². The van der Waals surface area contributed by atoms with Crippen molar-refractivity contribution in [1.82, 2.24) is 10.6 Å². The lowest BCUT2D eigenvalue weighted by Gasteiger charge is -2.37. The topological polar surface area (TPSA) is 33.3 Å². The van der Waals surface area contributed by atoms with Crippen molar-refractivity contribution in [2.75, 3.05) is 33.3 Å². The van der Waals surface area contributed by atoms with Crippen molar-refractivity contribution in [1.29, 1.82) is 0 Å². The van der Waals surface area contributed by atoms with Crippen molar-refractivity contribution in [3.8, 4) is 0 Å². The molecule has 2 N–H and O–H groups in total. The van der Waals surface area contributed by atoms with Crippen LogP contribution in [0.3, 0.4) is 0 Å². The Hall–Kier alpha value is -0.120. The van der Waals surface area contributed by atoms with E-state index >= 15 is 0 Å². The van der Waals surface area contributed by atoms with E-state index in [-0.39, 0.29) is 5.60 Å². The van der Waals surface area contributed by atoms with Crippen molar-refractivity contribution < 1.29 is 4.74 Å². The van der Waals surface area contributed by atoms with Crippen LogP contribution in [-0.4, -0.2) is 38.9 Å². The van der Waals surface area contributed by atoms with Crippen LogP contribution in [0.4, 0.5) is 0 Å². The zero-order valence-electron chi connectivity index (χ0n) is 10.2. The molecular weight excluding hydrogens is 176 g/mol. The van der Waals surface area contributed by atoms with Crippen LogP contribution in [0.5, 0.6) is 0 Å². The maximum absolute atomic E-state index is 5.81. The molecule has 1 saturated heterocycles. The Morgan fingerprint density at radius 2 is 1.86 bits per heavy atom. The molecular formula is C11H26N2O. The van der Waals surface area contributed by atoms with E-state index in [4.69, 9.17) is 4.74 Å². The molecule has 1 rings (SSSR count). The van der Waals surface area contributed by atoms with E-state index < -0.39 is 0 Å². The van der Waals surface area contributed by atoms with Gasteiger partial charge in [-0.3, -0.25) is 0 Å². The summed E-state index contributed by atoms with van der Waals surface area (Å²) < 4.78 is 5.81. The molecule has 0 atom stereocenters. The molecule has 1 heterocycles. The SMILES string of the molecule is CC.CCOC1(CNC)CCNCC1. The van der Waals surface area contributed by atoms with Crippen LogP contribution < -0.4 is 10.6 Å². The van der Waals surface area contributed by atoms with Gasteiger partial charge in [-0.05, 0) is 39.9 Å². The molecule has 1 aliphatic rings. The Labute approximate surface area is 88.6 Å². The van der Waals surface area contributed by atoms with Gasteiger partial charge in [-0.1, -0.05) is 13.8 Å². The Morgan fingerprint density at radius 1 is 1.29 bits per heavy atom. The van der Waals surface area contributed by atoms with Gasteiger partial charge < -0.3 is 15.4 Å². The maximum atomic E-state index is 5.81. The Morgan fingerprint density at radius 3 is 2.29 bits per heavy atom. The third-order valence-corrected chi connectivity index (χ3v) is 2.46. The summed E-state index contributed by atoms with van der Waals surface area (Å²) >= 11 is 0. The number of hydrogen-bond acceptors (Lipinski definition) is 3. The predicted octanol–water partition coefficient (Wildman–Crippen LogP) is 1.39. The second-order valence-electron chi connectivity index (χ2n) is 3.40. The van der Waals surface area contributed by atoms with Crippen molar-refractivity contribution in [2.45, 2.75) is 39.2 Å². The van der Waals surface area contributed by atoms with Crippen molar-refractivity contribution in [2.24, 2.45) is 0 Å². The highest BCUT2D eigenvalue weighted by Gasteiger charge is 2.31. The molecule has 0 aromatic carbocycles. The van der Waals surface area contributed by atoms with E-state index in [0.29, 0.717) is 0 Å². The average molecular weight is 202 g/mol. The molecule has 0 amide bonds. The summed E-state index contributed by atoms with van der Waals surface area (Å²) in [5.74, 6) is 0. The highest BCUT2D eigenvalue weighted by Crippen LogP contribution is 2.21. The molecule has 0 unspecified atom stereocenters. The van der Waals surface area contributed by atoms with E-state index in [9.17, 15) is 0 Å². The zero-order chi connectivity index (χ0) is 10.9. The number of hydrogen-bond donors (Lipinski definition) is 2. The van der Waals surface area contributed by atoms with Crippen molar-refractivity contribution in [3.63, 3.8) is 0 Å². The summed E-state index contributed by atoms with van der Waals surface area (Å²) in [4.78, 5) is 0. The van der Waals surface area contributed by atoms with E-state index in [0.717, 1.165) is 39.1 Å². The van der Waals surface area contributed by atoms with E-state index in [2.05, 4.69) is 17.6 Å². The van der Waals surface area contributed by atoms with Crippen LogP contribution in [0.15, 0.2) is 0 Å². The lowest BCUT2D eigenvalue weighted by molar-refractivity contribution is -0.0570. The monoisotopic (exact) mass is 202 g/mol. The van der Waals surface area contributed by atoms with Crippen LogP contribution >= 0.6 is 0 Å². The van der Waals surface area contributed by atoms with Crippen LogP contribution in [0.25, 0.3) is 0 Å². The number of ether oxygens (including phenoxy) is 1. The van der Waals surface area contributed by atoms with Gasteiger partial charge in [0.15, 0.2) is 0 Å². The number of likely N-dealkylation sites (N-methyl/N-ethyl adjacent to an activating group) is 1. The molecule has 3 heteroatoms. The van der Waals surface area contributed by atoms with Gasteiger partial charge in [-0.2, -0.15) is 0 Å². The summed E-state index contributed by atoms with van der Waals surface area (Å²) in [6.45, 7) is 10.0. The zero-order valence-corrected chi connectivity index (χ0v) is 10.2. The minimum absolute atomic E-state index is 0.106. The fourth-order valence-electron chi connectivity index (χ4n) is 1.88. The molecule has 0 saturated carbocycles. The van der Waals surface area contributed by atoms with Crippen LogP contribution in [0.1, 0.15) is 33.6 Å². The lowest BCUT2D eigenvalue weighted by Crippen LogP contribution is -2.49. The third-order valence-electron chi connectivity index (χ3n) is 2.46. The molecule has 0 bridgehead atoms. The van der Waals surface area contributed by atoms with E-state index in [1.165, 1.54) is 0 Å². The van der Waals surface area contributed by atoms with Gasteiger partial charge in [0, 0.05) is 13.2 Å². The Bertz CT molecular complexity index is 107. The van der Waals surface area contributed by atoms with Gasteiger partial charge >= 0.3 is 0 Å². The molecule has 3 nitrogen and oxygen atoms in total. The Balaban J connectivity index is 0.000000791. The summed E-state index contributed by atoms with van der Waals surface area (Å²) in [5, 5.41) is 6.56. The molecule has 0 spiro atoms. The summed E-state index contributed by atoms with van der Waals surface area (Å²) in [6, 6.07) is 0. The smallest absolute Gasteiger partial charge is 0.0830 e. The fourth-order valence-corrected chi connectivity index (χ4v) is 1.88. The summed E-state index contributed by atoms with van der Waals surface area (Å²) in [6.07, 6.45) is 2.25. The van der Waals surface area contributed by atoms with E-state index in [1.807, 2.05) is 20.9 Å². The largest absolute Gasteiger partial charge is 0.374 e. The number of rotatable bonds is 4. The van der Waals surface area contributed by atoms with Gasteiger partial charge in [0.2, 0.25) is 0 Å². The first-order valence-electron chi connectivity index (χ1n) is 5.82. The van der Waals surface area contributed by atoms with Gasteiger partial charge in [0.1, 0.15) is 0 Å². The van der Waals surface area contributed by atoms with Gasteiger partial charge in [0.25, 0.3) is 0 Å². The van der Waals surface area contributed by atoms with E-state index in [1.54, 1.807) is 0 Å². The molecule has 86 valence electrons. The third kappa shape index (κ3) is 4.40. The molecule has 1 aliphatic heterocycles. The minimum atomic E-state index is 0.106. The molecule has 0 aromatic rings. The first kappa shape index (κ1) is 13.9. The second kappa shape index (κ2) is 8.21. The number of piperidine rings is 1. The van der Waals surface area contributed by atoms with Gasteiger partial charge in [0.05, 0.1) is 5.60 Å². The normalized spacial score (nSPS) is 19.7. The van der Waals surface area contributed by atoms with Crippen LogP contribution in [-0.2, 0) is 4.74 Å². The van der Waals surface area contributed by atoms with Crippen LogP contribution in [0.2, 0.25) is 0 Å². The summed E-state index contributed by atoms with van der Waals surface area (Å²) in [7, 11) is 1.99. The maximum Gasteiger partial charge on any atom is 0.0830 e. The standard InChI is InChI=1S/C9H20N2O.C2H6/c1-3-12-9(8-10-2)4-6-11-7-5-9;1-2/h10-11H,3-8H2,1-2H3;1-2H3. The van der Waals surface area contributed by atoms with Gasteiger partial charge in [-0.15, -0.1) is 0 Å². The highest BCUT2D eigenvalue weighted by atomic mass is 16.5. The molecule has 0 radical (unpaired) electrons. The molecule has 0 aliphatic carbocycles. The van der Waals surface area contributed by atoms with Crippen molar-refractivity contribution >= 4 is 0 Å². The summed E-state index contributed by atoms with van der Waals surface area (Å²) in [5.41, 5.74) is 0.106. The Kier molecular flexibility index (Phi) is 8.14. The number of nitrogens with one attached hydrogen (secondary N) is 2. The molecule has 14 heavy (non-hydrogen) atoms. The first-order valence-corrected chi connectivity index (χ1v) is 5.82.